The van der Waals surface area contributed by atoms with Crippen LogP contribution in [0.3, 0.4) is 0 Å². The van der Waals surface area contributed by atoms with Gasteiger partial charge >= 0.3 is 0 Å². The topological polar surface area (TPSA) is 29.9 Å². The number of thioether (sulfide) groups is 1. The van der Waals surface area contributed by atoms with E-state index in [0.717, 1.165) is 0 Å². The smallest absolute Gasteiger partial charge is 0.0995 e. The molecule has 4 heteroatoms. The van der Waals surface area contributed by atoms with Gasteiger partial charge in [-0.05, 0) is 44.6 Å². The van der Waals surface area contributed by atoms with Crippen LogP contribution in [-0.2, 0) is 0 Å². The van der Waals surface area contributed by atoms with Crippen molar-refractivity contribution in [2.45, 2.75) is 43.2 Å². The van der Waals surface area contributed by atoms with Crippen LogP contribution in [0.2, 0.25) is 0 Å². The van der Waals surface area contributed by atoms with E-state index < -0.39 is 0 Å². The van der Waals surface area contributed by atoms with E-state index in [9.17, 15) is 0 Å². The first-order valence-electron chi connectivity index (χ1n) is 7.21. The Morgan fingerprint density at radius 3 is 2.95 bits per heavy atom. The molecule has 1 aromatic carbocycles. The summed E-state index contributed by atoms with van der Waals surface area (Å²) < 4.78 is 2.24. The summed E-state index contributed by atoms with van der Waals surface area (Å²) >= 11 is 1.78. The van der Waals surface area contributed by atoms with Crippen molar-refractivity contribution in [1.29, 1.82) is 0 Å². The first-order chi connectivity index (χ1) is 9.79. The van der Waals surface area contributed by atoms with Crippen molar-refractivity contribution in [1.82, 2.24) is 14.9 Å². The first-order valence-corrected chi connectivity index (χ1v) is 8.43. The summed E-state index contributed by atoms with van der Waals surface area (Å²) in [6.07, 6.45) is 9.81. The Bertz CT molecular complexity index is 579. The summed E-state index contributed by atoms with van der Waals surface area (Å²) in [5, 5.41) is 3.70. The zero-order valence-electron chi connectivity index (χ0n) is 12.0. The molecule has 0 spiro atoms. The fourth-order valence-electron chi connectivity index (χ4n) is 2.96. The van der Waals surface area contributed by atoms with E-state index in [1.54, 1.807) is 11.8 Å². The van der Waals surface area contributed by atoms with Crippen LogP contribution >= 0.6 is 11.8 Å². The number of imidazole rings is 1. The molecule has 2 atom stereocenters. The number of nitrogens with zero attached hydrogens (tertiary/aromatic N) is 2. The van der Waals surface area contributed by atoms with Crippen LogP contribution in [0.4, 0.5) is 0 Å². The van der Waals surface area contributed by atoms with E-state index in [2.05, 4.69) is 52.3 Å². The van der Waals surface area contributed by atoms with Gasteiger partial charge in [-0.1, -0.05) is 12.1 Å². The van der Waals surface area contributed by atoms with Crippen molar-refractivity contribution in [2.75, 3.05) is 6.26 Å². The summed E-state index contributed by atoms with van der Waals surface area (Å²) in [7, 11) is 0. The molecular weight excluding hydrogens is 266 g/mol. The number of aromatic nitrogens is 2. The number of para-hydroxylation sites is 1. The average Bonchev–Trinajstić information content (AvgIpc) is 2.96. The minimum Gasteiger partial charge on any atom is -0.306 e. The SMILES string of the molecule is CSc1ccccc1-n1cncc1C1CCCC(C)N1. The van der Waals surface area contributed by atoms with E-state index in [4.69, 9.17) is 0 Å². The fourth-order valence-corrected chi connectivity index (χ4v) is 3.55. The van der Waals surface area contributed by atoms with Crippen LogP contribution in [0.1, 0.15) is 37.9 Å². The second-order valence-electron chi connectivity index (χ2n) is 5.41. The van der Waals surface area contributed by atoms with Crippen molar-refractivity contribution >= 4 is 11.8 Å². The first kappa shape index (κ1) is 13.7. The lowest BCUT2D eigenvalue weighted by atomic mass is 9.97. The van der Waals surface area contributed by atoms with Gasteiger partial charge in [-0.3, -0.25) is 0 Å². The molecule has 106 valence electrons. The molecule has 0 amide bonds. The lowest BCUT2D eigenvalue weighted by Gasteiger charge is -2.29. The van der Waals surface area contributed by atoms with Gasteiger partial charge in [0.1, 0.15) is 0 Å². The normalized spacial score (nSPS) is 22.9. The monoisotopic (exact) mass is 287 g/mol. The maximum atomic E-state index is 4.39. The minimum absolute atomic E-state index is 0.413. The van der Waals surface area contributed by atoms with Crippen LogP contribution in [-0.4, -0.2) is 21.8 Å². The lowest BCUT2D eigenvalue weighted by molar-refractivity contribution is 0.334. The van der Waals surface area contributed by atoms with Crippen LogP contribution in [0.5, 0.6) is 0 Å². The molecule has 1 aliphatic rings. The Morgan fingerprint density at radius 1 is 1.30 bits per heavy atom. The lowest BCUT2D eigenvalue weighted by Crippen LogP contribution is -2.35. The Labute approximate surface area is 124 Å². The van der Waals surface area contributed by atoms with Gasteiger partial charge in [-0.25, -0.2) is 4.98 Å². The number of hydrogen-bond donors (Lipinski definition) is 1. The number of benzene rings is 1. The Kier molecular flexibility index (Phi) is 4.13. The number of piperidine rings is 1. The van der Waals surface area contributed by atoms with Crippen molar-refractivity contribution < 1.29 is 0 Å². The second-order valence-corrected chi connectivity index (χ2v) is 6.26. The molecule has 3 rings (SSSR count). The third kappa shape index (κ3) is 2.63. The van der Waals surface area contributed by atoms with E-state index in [1.807, 2.05) is 12.5 Å². The molecule has 2 unspecified atom stereocenters. The van der Waals surface area contributed by atoms with Crippen LogP contribution in [0.15, 0.2) is 41.7 Å². The zero-order valence-corrected chi connectivity index (χ0v) is 12.9. The van der Waals surface area contributed by atoms with Crippen molar-refractivity contribution in [3.05, 3.63) is 42.5 Å². The molecule has 1 aromatic heterocycles. The molecule has 1 N–H and O–H groups in total. The van der Waals surface area contributed by atoms with Gasteiger partial charge in [0, 0.05) is 17.0 Å². The molecular formula is C16H21N3S. The summed E-state index contributed by atoms with van der Waals surface area (Å²) in [6, 6.07) is 9.52. The van der Waals surface area contributed by atoms with Gasteiger partial charge in [0.2, 0.25) is 0 Å². The zero-order chi connectivity index (χ0) is 13.9. The van der Waals surface area contributed by atoms with Crippen molar-refractivity contribution in [3.8, 4) is 5.69 Å². The highest BCUT2D eigenvalue weighted by atomic mass is 32.2. The van der Waals surface area contributed by atoms with E-state index in [1.165, 1.54) is 35.5 Å². The fraction of sp³-hybridized carbons (Fsp3) is 0.438. The summed E-state index contributed by atoms with van der Waals surface area (Å²) in [4.78, 5) is 5.68. The predicted octanol–water partition coefficient (Wildman–Crippen LogP) is 3.80. The standard InChI is InChI=1S/C16H21N3S/c1-12-6-5-7-13(18-12)15-10-17-11-19(15)14-8-3-4-9-16(14)20-2/h3-4,8-13,18H,5-7H2,1-2H3. The molecule has 1 fully saturated rings. The molecule has 0 saturated carbocycles. The van der Waals surface area contributed by atoms with Gasteiger partial charge < -0.3 is 9.88 Å². The quantitative estimate of drug-likeness (QED) is 0.871. The van der Waals surface area contributed by atoms with Crippen molar-refractivity contribution in [2.24, 2.45) is 0 Å². The van der Waals surface area contributed by atoms with Gasteiger partial charge in [0.05, 0.1) is 23.9 Å². The molecule has 0 aliphatic carbocycles. The number of hydrogen-bond acceptors (Lipinski definition) is 3. The van der Waals surface area contributed by atoms with Crippen molar-refractivity contribution in [3.63, 3.8) is 0 Å². The van der Waals surface area contributed by atoms with E-state index in [-0.39, 0.29) is 0 Å². The van der Waals surface area contributed by atoms with Gasteiger partial charge in [0.25, 0.3) is 0 Å². The van der Waals surface area contributed by atoms with Gasteiger partial charge in [-0.15, -0.1) is 11.8 Å². The van der Waals surface area contributed by atoms with E-state index >= 15 is 0 Å². The maximum absolute atomic E-state index is 4.39. The second kappa shape index (κ2) is 6.02. The van der Waals surface area contributed by atoms with Crippen LogP contribution < -0.4 is 5.32 Å². The highest BCUT2D eigenvalue weighted by Gasteiger charge is 2.23. The molecule has 1 saturated heterocycles. The third-order valence-corrected chi connectivity index (χ3v) is 4.77. The highest BCUT2D eigenvalue weighted by Crippen LogP contribution is 2.30. The molecule has 0 radical (unpaired) electrons. The van der Waals surface area contributed by atoms with Crippen LogP contribution in [0.25, 0.3) is 5.69 Å². The molecule has 3 nitrogen and oxygen atoms in total. The number of nitrogens with one attached hydrogen (secondary N) is 1. The highest BCUT2D eigenvalue weighted by molar-refractivity contribution is 7.98. The maximum Gasteiger partial charge on any atom is 0.0995 e. The average molecular weight is 287 g/mol. The van der Waals surface area contributed by atoms with E-state index in [0.29, 0.717) is 12.1 Å². The van der Waals surface area contributed by atoms with Crippen LogP contribution in [0, 0.1) is 0 Å². The molecule has 2 aromatic rings. The summed E-state index contributed by atoms with van der Waals surface area (Å²) in [5.74, 6) is 0. The summed E-state index contributed by atoms with van der Waals surface area (Å²) in [6.45, 7) is 2.27. The Hall–Kier alpha value is -1.26. The molecule has 0 bridgehead atoms. The number of rotatable bonds is 3. The minimum atomic E-state index is 0.413. The van der Waals surface area contributed by atoms with Gasteiger partial charge in [0.15, 0.2) is 0 Å². The molecule has 1 aliphatic heterocycles. The molecule has 2 heterocycles. The molecule has 20 heavy (non-hydrogen) atoms. The Morgan fingerprint density at radius 2 is 2.15 bits per heavy atom. The summed E-state index contributed by atoms with van der Waals surface area (Å²) in [5.41, 5.74) is 2.51. The van der Waals surface area contributed by atoms with Gasteiger partial charge in [-0.2, -0.15) is 0 Å². The largest absolute Gasteiger partial charge is 0.306 e. The Balaban J connectivity index is 1.97. The third-order valence-electron chi connectivity index (χ3n) is 3.98. The predicted molar refractivity (Wildman–Crippen MR) is 84.5 cm³/mol.